The van der Waals surface area contributed by atoms with E-state index in [2.05, 4.69) is 79.1 Å². The molecule has 0 saturated carbocycles. The molecule has 0 spiro atoms. The van der Waals surface area contributed by atoms with Crippen LogP contribution >= 0.6 is 0 Å². The van der Waals surface area contributed by atoms with Crippen LogP contribution in [0, 0.1) is 17.8 Å². The van der Waals surface area contributed by atoms with Gasteiger partial charge in [-0.05, 0) is 104 Å². The number of phenols is 1. The highest BCUT2D eigenvalue weighted by molar-refractivity contribution is 6.01. The molecule has 6 aromatic rings. The van der Waals surface area contributed by atoms with Crippen LogP contribution in [0.15, 0.2) is 116 Å². The van der Waals surface area contributed by atoms with Gasteiger partial charge in [0.1, 0.15) is 84.3 Å². The summed E-state index contributed by atoms with van der Waals surface area (Å²) in [7, 11) is 0. The second-order valence-corrected chi connectivity index (χ2v) is 30.6. The van der Waals surface area contributed by atoms with Crippen molar-refractivity contribution in [1.29, 1.82) is 0 Å². The minimum Gasteiger partial charge on any atom is -0.508 e. The summed E-state index contributed by atoms with van der Waals surface area (Å²) in [6.45, 7) is 13.4. The molecule has 0 radical (unpaired) electrons. The van der Waals surface area contributed by atoms with Gasteiger partial charge >= 0.3 is 11.9 Å². The number of hydrogen-bond donors (Lipinski definition) is 22. The topological polar surface area (TPSA) is 608 Å². The number of phenolic OH excluding ortho intramolecular Hbond substituents is 1. The summed E-state index contributed by atoms with van der Waals surface area (Å²) in [5, 5.41) is 95.8. The second-order valence-electron chi connectivity index (χ2n) is 30.6. The molecule has 2 heterocycles. The average Bonchev–Trinajstić information content (AvgIpc) is 1.66. The fraction of sp³-hybridized carbons (Fsp3) is 0.463. The Morgan fingerprint density at radius 1 is 0.367 bits per heavy atom. The Morgan fingerprint density at radius 3 is 1.14 bits per heavy atom. The number of carboxylic acids is 2. The number of carbonyl (C=O) groups is 16. The number of aliphatic hydroxyl groups is 3. The van der Waals surface area contributed by atoms with Gasteiger partial charge in [-0.25, -0.2) is 0 Å². The first-order valence-electron chi connectivity index (χ1n) is 39.2. The first-order chi connectivity index (χ1) is 56.6. The van der Waals surface area contributed by atoms with Crippen LogP contribution in [0.25, 0.3) is 21.8 Å². The number of H-pyrrole nitrogens is 2. The fourth-order valence-electron chi connectivity index (χ4n) is 13.0. The van der Waals surface area contributed by atoms with Crippen LogP contribution < -0.4 is 74.9 Å². The summed E-state index contributed by atoms with van der Waals surface area (Å²) in [6, 6.07) is 6.15. The van der Waals surface area contributed by atoms with Gasteiger partial charge in [0, 0.05) is 79.6 Å². The predicted molar refractivity (Wildman–Crippen MR) is 435 cm³/mol. The lowest BCUT2D eigenvalue weighted by molar-refractivity contribution is -0.140. The van der Waals surface area contributed by atoms with Gasteiger partial charge in [0.25, 0.3) is 0 Å². The molecule has 15 atom stereocenters. The standard InChI is InChI=1S/C82H110N16O22/c1-40(2)32-58(74(112)86-43(7)71(109)90-62(78(116)96-66(41(3)4)70(83)108)36-50-38-85-55-23-17-15-21-53(50)55)91-75(113)59(34-48-24-26-51(103)27-25-48)92-73(111)57(29-31-65(106)107)88-72(110)56(28-30-64(104)105)89-76(114)61(35-49-37-84-54-22-16-14-20-52(49)54)93-79(117)63(39-99)95-81(119)69(45(9)101)98-77(115)60(33-47-18-12-11-13-19-47)94-80(118)67(42(5)6)97-82(120)68(44(8)100)87-46(10)102/h11-27,37-38,40-45,56-63,66-69,84-85,99-101,103H,28-36,39H2,1-10H3,(H2,83,108)(H,86,112)(H,87,102)(H,88,110)(H,89,114)(H,90,109)(H,91,113)(H,92,111)(H,93,117)(H,94,118)(H,95,119)(H,96,116)(H,97,120)(H,98,115)(H,104,105)(H,106,107)/t43-,44+,45+,56-,57-,58-,59-,60-,61-,62-,63-,66-,67-,68-,69-/m0/s1. The number of nitrogens with two attached hydrogens (primary N) is 1. The Kier molecular flexibility index (Phi) is 36.6. The monoisotopic (exact) mass is 1670 g/mol. The van der Waals surface area contributed by atoms with E-state index in [9.17, 15) is 107 Å². The van der Waals surface area contributed by atoms with E-state index in [0.29, 0.717) is 33.2 Å². The minimum atomic E-state index is -2.02. The molecule has 6 rings (SSSR count). The third-order valence-electron chi connectivity index (χ3n) is 19.6. The SMILES string of the molecule is CC(=O)N[C@H](C(=O)N[C@H](C(=O)N[C@@H](Cc1ccccc1)C(=O)N[C@H](C(=O)N[C@@H](CO)C(=O)N[C@@H](Cc1c[nH]c2ccccc12)C(=O)N[C@@H](CCC(=O)O)C(=O)N[C@@H](CCC(=O)O)C(=O)N[C@@H](Cc1ccc(O)cc1)C(=O)N[C@@H](CC(C)C)C(=O)N[C@@H](C)C(=O)N[C@@H](Cc1c[nH]c2ccccc12)C(=O)N[C@H](C(N)=O)C(C)C)[C@@H](C)O)C(C)C)[C@@H](C)O. The van der Waals surface area contributed by atoms with Crippen LogP contribution in [-0.2, 0) is 102 Å². The molecule has 650 valence electrons. The number of primary amides is 1. The molecule has 38 heteroatoms. The summed E-state index contributed by atoms with van der Waals surface area (Å²) in [5.41, 5.74) is 8.66. The molecule has 0 bridgehead atoms. The fourth-order valence-corrected chi connectivity index (χ4v) is 13.0. The van der Waals surface area contributed by atoms with Crippen molar-refractivity contribution in [3.63, 3.8) is 0 Å². The number of rotatable bonds is 47. The molecule has 0 aliphatic heterocycles. The number of carboxylic acid groups (broad SMARTS) is 2. The van der Waals surface area contributed by atoms with Gasteiger partial charge in [-0.2, -0.15) is 0 Å². The number of nitrogens with one attached hydrogen (secondary N) is 15. The highest BCUT2D eigenvalue weighted by atomic mass is 16.4. The van der Waals surface area contributed by atoms with E-state index >= 15 is 0 Å². The molecule has 2 aromatic heterocycles. The van der Waals surface area contributed by atoms with Gasteiger partial charge in [0.15, 0.2) is 0 Å². The zero-order valence-electron chi connectivity index (χ0n) is 68.2. The second kappa shape index (κ2) is 45.8. The summed E-state index contributed by atoms with van der Waals surface area (Å²) in [4.78, 5) is 228. The third-order valence-corrected chi connectivity index (χ3v) is 19.6. The molecule has 4 aromatic carbocycles. The summed E-state index contributed by atoms with van der Waals surface area (Å²) in [5.74, 6) is -19.0. The lowest BCUT2D eigenvalue weighted by Gasteiger charge is -2.29. The van der Waals surface area contributed by atoms with Crippen molar-refractivity contribution >= 4 is 116 Å². The van der Waals surface area contributed by atoms with Crippen molar-refractivity contribution in [3.8, 4) is 5.75 Å². The van der Waals surface area contributed by atoms with Crippen molar-refractivity contribution < 1.29 is 107 Å². The Morgan fingerprint density at radius 2 is 0.708 bits per heavy atom. The summed E-state index contributed by atoms with van der Waals surface area (Å²) < 4.78 is 0. The van der Waals surface area contributed by atoms with Gasteiger partial charge in [-0.3, -0.25) is 76.7 Å². The number of amides is 14. The van der Waals surface area contributed by atoms with E-state index < -0.39 is 242 Å². The molecular formula is C82H110N16O22. The number of carbonyl (C=O) groups excluding carboxylic acids is 14. The Balaban J connectivity index is 1.24. The van der Waals surface area contributed by atoms with Gasteiger partial charge in [0.2, 0.25) is 82.7 Å². The summed E-state index contributed by atoms with van der Waals surface area (Å²) in [6.07, 6.45) is -4.50. The molecule has 120 heavy (non-hydrogen) atoms. The molecule has 0 aliphatic rings. The van der Waals surface area contributed by atoms with Crippen LogP contribution in [0.3, 0.4) is 0 Å². The number of aromatic hydroxyl groups is 1. The van der Waals surface area contributed by atoms with Crippen molar-refractivity contribution in [2.75, 3.05) is 6.61 Å². The first-order valence-corrected chi connectivity index (χ1v) is 39.2. The number of fused-ring (bicyclic) bond motifs is 2. The molecule has 0 aliphatic carbocycles. The maximum Gasteiger partial charge on any atom is 0.303 e. The van der Waals surface area contributed by atoms with Crippen LogP contribution in [0.5, 0.6) is 5.75 Å². The lowest BCUT2D eigenvalue weighted by atomic mass is 9.99. The first kappa shape index (κ1) is 96.0. The molecule has 0 unspecified atom stereocenters. The normalized spacial score (nSPS) is 15.1. The van der Waals surface area contributed by atoms with Crippen LogP contribution in [0.4, 0.5) is 0 Å². The molecule has 38 nitrogen and oxygen atoms in total. The van der Waals surface area contributed by atoms with Crippen LogP contribution in [0.1, 0.15) is 124 Å². The van der Waals surface area contributed by atoms with E-state index in [1.807, 2.05) is 0 Å². The van der Waals surface area contributed by atoms with E-state index in [-0.39, 0.29) is 30.9 Å². The van der Waals surface area contributed by atoms with E-state index in [4.69, 9.17) is 5.73 Å². The minimum absolute atomic E-state index is 0.0920. The maximum absolute atomic E-state index is 15.0. The maximum atomic E-state index is 15.0. The van der Waals surface area contributed by atoms with Crippen LogP contribution in [-0.4, -0.2) is 233 Å². The van der Waals surface area contributed by atoms with Crippen molar-refractivity contribution in [1.82, 2.24) is 79.1 Å². The zero-order valence-corrected chi connectivity index (χ0v) is 68.2. The predicted octanol–water partition coefficient (Wildman–Crippen LogP) is -1.71. The van der Waals surface area contributed by atoms with Gasteiger partial charge < -0.3 is 115 Å². The quantitative estimate of drug-likeness (QED) is 0.0202. The van der Waals surface area contributed by atoms with E-state index in [1.54, 1.807) is 127 Å². The largest absolute Gasteiger partial charge is 0.508 e. The number of aromatic amines is 2. The molecule has 0 fully saturated rings. The van der Waals surface area contributed by atoms with Crippen molar-refractivity contribution in [2.24, 2.45) is 23.5 Å². The molecular weight excluding hydrogens is 1560 g/mol. The Labute approximate surface area is 691 Å². The number of hydrogen-bond acceptors (Lipinski definition) is 20. The summed E-state index contributed by atoms with van der Waals surface area (Å²) >= 11 is 0. The molecule has 14 amide bonds. The smallest absolute Gasteiger partial charge is 0.303 e. The van der Waals surface area contributed by atoms with E-state index in [1.165, 1.54) is 44.3 Å². The molecule has 23 N–H and O–H groups in total. The van der Waals surface area contributed by atoms with Gasteiger partial charge in [0.05, 0.1) is 18.8 Å². The Hall–Kier alpha value is -12.8. The number of para-hydroxylation sites is 2. The molecule has 0 saturated heterocycles. The Bertz CT molecular complexity index is 4610. The van der Waals surface area contributed by atoms with Gasteiger partial charge in [-0.1, -0.05) is 120 Å². The number of aromatic nitrogens is 2. The highest BCUT2D eigenvalue weighted by Crippen LogP contribution is 2.23. The number of aliphatic carboxylic acids is 2. The third kappa shape index (κ3) is 29.4. The number of benzene rings is 4. The van der Waals surface area contributed by atoms with Crippen molar-refractivity contribution in [2.45, 2.75) is 218 Å². The van der Waals surface area contributed by atoms with Crippen molar-refractivity contribution in [3.05, 3.63) is 138 Å². The van der Waals surface area contributed by atoms with Crippen LogP contribution in [0.2, 0.25) is 0 Å². The number of aliphatic hydroxyl groups excluding tert-OH is 3. The highest BCUT2D eigenvalue weighted by Gasteiger charge is 2.40. The lowest BCUT2D eigenvalue weighted by Crippen LogP contribution is -2.63. The van der Waals surface area contributed by atoms with E-state index in [0.717, 1.165) is 24.8 Å². The zero-order chi connectivity index (χ0) is 88.9. The average molecular weight is 1670 g/mol. The van der Waals surface area contributed by atoms with Gasteiger partial charge in [-0.15, -0.1) is 0 Å².